The number of carbonyl (C=O) groups excluding carboxylic acids is 1. The lowest BCUT2D eigenvalue weighted by Crippen LogP contribution is -2.20. The van der Waals surface area contributed by atoms with Gasteiger partial charge in [0, 0.05) is 5.38 Å². The summed E-state index contributed by atoms with van der Waals surface area (Å²) in [7, 11) is 0. The fourth-order valence-corrected chi connectivity index (χ4v) is 1.86. The van der Waals surface area contributed by atoms with Gasteiger partial charge in [0.05, 0.1) is 17.5 Å². The first kappa shape index (κ1) is 12.8. The highest BCUT2D eigenvalue weighted by Crippen LogP contribution is 2.20. The molecule has 0 N–H and O–H groups in total. The number of oxime groups is 1. The third-order valence-electron chi connectivity index (χ3n) is 2.21. The van der Waals surface area contributed by atoms with Crippen LogP contribution in [0.15, 0.2) is 5.16 Å². The molecule has 1 aliphatic rings. The van der Waals surface area contributed by atoms with Crippen LogP contribution < -0.4 is 0 Å². The van der Waals surface area contributed by atoms with Gasteiger partial charge in [0.15, 0.2) is 0 Å². The van der Waals surface area contributed by atoms with Crippen molar-refractivity contribution in [3.8, 4) is 0 Å². The minimum atomic E-state index is -0.403. The Bertz CT molecular complexity index is 254. The molecule has 0 saturated heterocycles. The standard InChI is InChI=1S/C10H15Cl2NO2/c1-7(11)6-10(14)15-13-9-5-3-2-4-8(9)12/h7-8H,2-6H2,1H3. The molecule has 15 heavy (non-hydrogen) atoms. The molecule has 1 aliphatic carbocycles. The Morgan fingerprint density at radius 1 is 1.67 bits per heavy atom. The summed E-state index contributed by atoms with van der Waals surface area (Å²) in [5.41, 5.74) is 0.776. The Morgan fingerprint density at radius 3 is 3.00 bits per heavy atom. The van der Waals surface area contributed by atoms with Gasteiger partial charge in [-0.1, -0.05) is 11.6 Å². The summed E-state index contributed by atoms with van der Waals surface area (Å²) in [6.07, 6.45) is 4.07. The molecule has 86 valence electrons. The number of rotatable bonds is 3. The van der Waals surface area contributed by atoms with Crippen LogP contribution in [0.4, 0.5) is 0 Å². The summed E-state index contributed by atoms with van der Waals surface area (Å²) in [6.45, 7) is 1.74. The van der Waals surface area contributed by atoms with E-state index < -0.39 is 5.97 Å². The lowest BCUT2D eigenvalue weighted by molar-refractivity contribution is -0.143. The largest absolute Gasteiger partial charge is 0.336 e. The van der Waals surface area contributed by atoms with Crippen molar-refractivity contribution in [2.45, 2.75) is 49.8 Å². The van der Waals surface area contributed by atoms with Gasteiger partial charge in [-0.3, -0.25) is 0 Å². The molecule has 0 radical (unpaired) electrons. The van der Waals surface area contributed by atoms with Crippen LogP contribution in [0, 0.1) is 0 Å². The average Bonchev–Trinajstić information content (AvgIpc) is 2.15. The summed E-state index contributed by atoms with van der Waals surface area (Å²) in [5, 5.41) is 3.48. The second-order valence-corrected chi connectivity index (χ2v) is 5.02. The van der Waals surface area contributed by atoms with Crippen molar-refractivity contribution in [3.05, 3.63) is 0 Å². The highest BCUT2D eigenvalue weighted by atomic mass is 35.5. The second kappa shape index (κ2) is 6.33. The van der Waals surface area contributed by atoms with Crippen molar-refractivity contribution in [2.75, 3.05) is 0 Å². The van der Waals surface area contributed by atoms with E-state index in [0.717, 1.165) is 31.4 Å². The normalized spacial score (nSPS) is 26.3. The van der Waals surface area contributed by atoms with Gasteiger partial charge < -0.3 is 4.84 Å². The van der Waals surface area contributed by atoms with Gasteiger partial charge >= 0.3 is 5.97 Å². The molecule has 0 bridgehead atoms. The van der Waals surface area contributed by atoms with E-state index in [1.165, 1.54) is 0 Å². The maximum absolute atomic E-state index is 11.1. The maximum Gasteiger partial charge on any atom is 0.336 e. The molecule has 0 heterocycles. The van der Waals surface area contributed by atoms with Crippen molar-refractivity contribution in [1.82, 2.24) is 0 Å². The fourth-order valence-electron chi connectivity index (χ4n) is 1.43. The molecule has 0 spiro atoms. The van der Waals surface area contributed by atoms with E-state index in [0.29, 0.717) is 0 Å². The molecule has 1 saturated carbocycles. The smallest absolute Gasteiger partial charge is 0.318 e. The molecule has 3 nitrogen and oxygen atoms in total. The van der Waals surface area contributed by atoms with Crippen molar-refractivity contribution < 1.29 is 9.63 Å². The Morgan fingerprint density at radius 2 is 2.40 bits per heavy atom. The van der Waals surface area contributed by atoms with Crippen LogP contribution in [-0.4, -0.2) is 22.4 Å². The Balaban J connectivity index is 2.38. The highest BCUT2D eigenvalue weighted by molar-refractivity contribution is 6.32. The van der Waals surface area contributed by atoms with E-state index in [-0.39, 0.29) is 17.2 Å². The van der Waals surface area contributed by atoms with Crippen LogP contribution in [0.5, 0.6) is 0 Å². The number of nitrogens with zero attached hydrogens (tertiary/aromatic N) is 1. The molecule has 2 atom stereocenters. The second-order valence-electron chi connectivity index (χ2n) is 3.74. The molecule has 0 aliphatic heterocycles. The zero-order chi connectivity index (χ0) is 11.3. The Labute approximate surface area is 99.7 Å². The summed E-state index contributed by atoms with van der Waals surface area (Å²) >= 11 is 11.7. The van der Waals surface area contributed by atoms with Gasteiger partial charge in [-0.25, -0.2) is 4.79 Å². The van der Waals surface area contributed by atoms with Crippen molar-refractivity contribution in [1.29, 1.82) is 0 Å². The number of halogens is 2. The number of alkyl halides is 2. The molecule has 0 aromatic heterocycles. The highest BCUT2D eigenvalue weighted by Gasteiger charge is 2.19. The Kier molecular flexibility index (Phi) is 5.40. The van der Waals surface area contributed by atoms with E-state index in [2.05, 4.69) is 5.16 Å². The van der Waals surface area contributed by atoms with Crippen LogP contribution in [0.1, 0.15) is 39.0 Å². The summed E-state index contributed by atoms with van der Waals surface area (Å²) < 4.78 is 0. The van der Waals surface area contributed by atoms with Crippen LogP contribution in [0.2, 0.25) is 0 Å². The first-order valence-corrected chi connectivity index (χ1v) is 6.01. The number of hydrogen-bond acceptors (Lipinski definition) is 3. The Hall–Kier alpha value is -0.280. The summed E-state index contributed by atoms with van der Waals surface area (Å²) in [6, 6.07) is 0. The first-order chi connectivity index (χ1) is 7.09. The molecule has 0 aromatic carbocycles. The molecular weight excluding hydrogens is 237 g/mol. The van der Waals surface area contributed by atoms with Crippen LogP contribution in [0.3, 0.4) is 0 Å². The third kappa shape index (κ3) is 4.85. The zero-order valence-corrected chi connectivity index (χ0v) is 10.2. The zero-order valence-electron chi connectivity index (χ0n) is 8.71. The van der Waals surface area contributed by atoms with Gasteiger partial charge in [-0.15, -0.1) is 23.2 Å². The molecule has 1 rings (SSSR count). The van der Waals surface area contributed by atoms with E-state index in [1.54, 1.807) is 6.92 Å². The van der Waals surface area contributed by atoms with Gasteiger partial charge in [0.2, 0.25) is 0 Å². The quantitative estimate of drug-likeness (QED) is 0.440. The van der Waals surface area contributed by atoms with Crippen molar-refractivity contribution in [3.63, 3.8) is 0 Å². The molecule has 0 amide bonds. The van der Waals surface area contributed by atoms with Crippen LogP contribution in [0.25, 0.3) is 0 Å². The van der Waals surface area contributed by atoms with Gasteiger partial charge in [-0.05, 0) is 26.2 Å². The predicted molar refractivity (Wildman–Crippen MR) is 61.6 cm³/mol. The molecule has 1 fully saturated rings. The summed E-state index contributed by atoms with van der Waals surface area (Å²) in [5.74, 6) is -0.403. The number of hydrogen-bond donors (Lipinski definition) is 0. The minimum Gasteiger partial charge on any atom is -0.318 e. The number of carbonyl (C=O) groups is 1. The van der Waals surface area contributed by atoms with E-state index >= 15 is 0 Å². The lowest BCUT2D eigenvalue weighted by Gasteiger charge is -2.17. The van der Waals surface area contributed by atoms with Crippen molar-refractivity contribution in [2.24, 2.45) is 5.16 Å². The molecule has 0 aromatic rings. The average molecular weight is 252 g/mol. The monoisotopic (exact) mass is 251 g/mol. The maximum atomic E-state index is 11.1. The first-order valence-electron chi connectivity index (χ1n) is 5.14. The topological polar surface area (TPSA) is 38.7 Å². The van der Waals surface area contributed by atoms with Crippen molar-refractivity contribution >= 4 is 34.9 Å². The van der Waals surface area contributed by atoms with Crippen LogP contribution >= 0.6 is 23.2 Å². The van der Waals surface area contributed by atoms with Gasteiger partial charge in [0.1, 0.15) is 0 Å². The third-order valence-corrected chi connectivity index (χ3v) is 2.84. The van der Waals surface area contributed by atoms with Gasteiger partial charge in [0.25, 0.3) is 0 Å². The van der Waals surface area contributed by atoms with E-state index in [1.807, 2.05) is 0 Å². The fraction of sp³-hybridized carbons (Fsp3) is 0.800. The predicted octanol–water partition coefficient (Wildman–Crippen LogP) is 3.08. The minimum absolute atomic E-state index is 0.0834. The van der Waals surface area contributed by atoms with E-state index in [9.17, 15) is 4.79 Å². The van der Waals surface area contributed by atoms with Gasteiger partial charge in [-0.2, -0.15) is 0 Å². The summed E-state index contributed by atoms with van der Waals surface area (Å²) in [4.78, 5) is 15.9. The lowest BCUT2D eigenvalue weighted by atomic mass is 9.98. The SMILES string of the molecule is CC(Cl)CC(=O)ON=C1CCCCC1Cl. The molecule has 2 unspecified atom stereocenters. The molecular formula is C10H15Cl2NO2. The van der Waals surface area contributed by atoms with E-state index in [4.69, 9.17) is 28.0 Å². The van der Waals surface area contributed by atoms with Crippen LogP contribution in [-0.2, 0) is 9.63 Å². The molecule has 5 heteroatoms.